The third-order valence-electron chi connectivity index (χ3n) is 6.27. The zero-order valence-corrected chi connectivity index (χ0v) is 21.4. The van der Waals surface area contributed by atoms with Gasteiger partial charge in [-0.1, -0.05) is 57.5 Å². The summed E-state index contributed by atoms with van der Waals surface area (Å²) in [5, 5.41) is 16.1. The number of aliphatic carboxylic acids is 1. The lowest BCUT2D eigenvalue weighted by atomic mass is 9.92. The number of benzene rings is 2. The van der Waals surface area contributed by atoms with Crippen LogP contribution >= 0.6 is 0 Å². The van der Waals surface area contributed by atoms with Crippen molar-refractivity contribution in [3.05, 3.63) is 76.6 Å². The third-order valence-corrected chi connectivity index (χ3v) is 6.27. The summed E-state index contributed by atoms with van der Waals surface area (Å²) in [6.45, 7) is 13.5. The Labute approximate surface area is 207 Å². The van der Waals surface area contributed by atoms with Crippen LogP contribution in [0.5, 0.6) is 5.75 Å². The van der Waals surface area contributed by atoms with Crippen molar-refractivity contribution in [2.45, 2.75) is 72.1 Å². The first-order valence-electron chi connectivity index (χ1n) is 12.1. The van der Waals surface area contributed by atoms with Gasteiger partial charge in [-0.25, -0.2) is 9.48 Å². The van der Waals surface area contributed by atoms with Gasteiger partial charge in [-0.3, -0.25) is 4.84 Å². The maximum atomic E-state index is 11.3. The molecule has 0 spiro atoms. The Morgan fingerprint density at radius 3 is 2.46 bits per heavy atom. The van der Waals surface area contributed by atoms with Crippen LogP contribution in [0.1, 0.15) is 68.2 Å². The standard InChI is InChI=1S/C28H35N3O4/c1-7-24(27(32)33)35-25-13-10-20(14-19(25)3)23-16-30(23)34-17-22-15-26(28(4,5)6)29-31(22)21-11-8-18(2)9-12-21/h8-15,23-24H,7,16-17H2,1-6H3,(H,32,33). The highest BCUT2D eigenvalue weighted by Crippen LogP contribution is 2.37. The summed E-state index contributed by atoms with van der Waals surface area (Å²) in [7, 11) is 0. The summed E-state index contributed by atoms with van der Waals surface area (Å²) in [5.41, 5.74) is 6.24. The molecule has 1 N–H and O–H groups in total. The molecule has 0 radical (unpaired) electrons. The van der Waals surface area contributed by atoms with E-state index < -0.39 is 12.1 Å². The van der Waals surface area contributed by atoms with Crippen LogP contribution in [-0.4, -0.2) is 38.6 Å². The highest BCUT2D eigenvalue weighted by molar-refractivity contribution is 5.72. The molecular weight excluding hydrogens is 442 g/mol. The molecule has 3 unspecified atom stereocenters. The van der Waals surface area contributed by atoms with Crippen LogP contribution in [0.3, 0.4) is 0 Å². The number of aryl methyl sites for hydroxylation is 2. The van der Waals surface area contributed by atoms with Crippen LogP contribution in [0.15, 0.2) is 48.5 Å². The fraction of sp³-hybridized carbons (Fsp3) is 0.429. The molecular formula is C28H35N3O4. The fourth-order valence-electron chi connectivity index (χ4n) is 3.96. The van der Waals surface area contributed by atoms with Crippen LogP contribution in [0.2, 0.25) is 0 Å². The number of hydroxylamine groups is 2. The van der Waals surface area contributed by atoms with Gasteiger partial charge in [0, 0.05) is 12.0 Å². The Morgan fingerprint density at radius 1 is 1.14 bits per heavy atom. The monoisotopic (exact) mass is 477 g/mol. The van der Waals surface area contributed by atoms with Crippen molar-refractivity contribution in [2.24, 2.45) is 0 Å². The van der Waals surface area contributed by atoms with E-state index in [2.05, 4.69) is 58.0 Å². The van der Waals surface area contributed by atoms with E-state index in [1.807, 2.05) is 34.9 Å². The smallest absolute Gasteiger partial charge is 0.344 e. The topological polar surface area (TPSA) is 76.6 Å². The molecule has 1 saturated heterocycles. The molecule has 1 aromatic heterocycles. The van der Waals surface area contributed by atoms with Crippen LogP contribution in [0, 0.1) is 13.8 Å². The lowest BCUT2D eigenvalue weighted by molar-refractivity contribution is -0.145. The average Bonchev–Trinajstić information content (AvgIpc) is 3.45. The SMILES string of the molecule is CCC(Oc1ccc(C2CN2OCc2cc(C(C)(C)C)nn2-c2ccc(C)cc2)cc1C)C(=O)O. The van der Waals surface area contributed by atoms with Gasteiger partial charge in [-0.2, -0.15) is 10.2 Å². The lowest BCUT2D eigenvalue weighted by Crippen LogP contribution is -2.26. The number of carbonyl (C=O) groups is 1. The molecule has 1 aliphatic rings. The van der Waals surface area contributed by atoms with Crippen LogP contribution in [-0.2, 0) is 21.7 Å². The van der Waals surface area contributed by atoms with Gasteiger partial charge in [0.25, 0.3) is 0 Å². The number of hydrogen-bond donors (Lipinski definition) is 1. The van der Waals surface area contributed by atoms with Crippen molar-refractivity contribution in [1.82, 2.24) is 14.8 Å². The number of carboxylic acid groups (broad SMARTS) is 1. The molecule has 7 nitrogen and oxygen atoms in total. The quantitative estimate of drug-likeness (QED) is 0.409. The Morgan fingerprint density at radius 2 is 1.86 bits per heavy atom. The molecule has 0 saturated carbocycles. The molecule has 0 bridgehead atoms. The van der Waals surface area contributed by atoms with Gasteiger partial charge in [-0.05, 0) is 55.7 Å². The predicted octanol–water partition coefficient (Wildman–Crippen LogP) is 5.52. The van der Waals surface area contributed by atoms with Crippen molar-refractivity contribution in [3.63, 3.8) is 0 Å². The van der Waals surface area contributed by atoms with Crippen molar-refractivity contribution in [2.75, 3.05) is 6.54 Å². The molecule has 1 fully saturated rings. The fourth-order valence-corrected chi connectivity index (χ4v) is 3.96. The predicted molar refractivity (Wildman–Crippen MR) is 135 cm³/mol. The zero-order chi connectivity index (χ0) is 25.3. The second-order valence-electron chi connectivity index (χ2n) is 10.3. The Kier molecular flexibility index (Phi) is 7.01. The minimum atomic E-state index is -0.947. The van der Waals surface area contributed by atoms with Gasteiger partial charge in [-0.15, -0.1) is 0 Å². The van der Waals surface area contributed by atoms with Crippen LogP contribution < -0.4 is 4.74 Å². The van der Waals surface area contributed by atoms with Gasteiger partial charge in [0.05, 0.1) is 23.1 Å². The zero-order valence-electron chi connectivity index (χ0n) is 21.4. The molecule has 7 heteroatoms. The summed E-state index contributed by atoms with van der Waals surface area (Å²) in [6.07, 6.45) is -0.423. The summed E-state index contributed by atoms with van der Waals surface area (Å²) in [6, 6.07) is 16.5. The van der Waals surface area contributed by atoms with Gasteiger partial charge in [0.2, 0.25) is 0 Å². The molecule has 35 heavy (non-hydrogen) atoms. The van der Waals surface area contributed by atoms with Crippen molar-refractivity contribution < 1.29 is 19.5 Å². The van der Waals surface area contributed by atoms with E-state index in [4.69, 9.17) is 14.7 Å². The molecule has 2 aromatic carbocycles. The molecule has 3 atom stereocenters. The average molecular weight is 478 g/mol. The molecule has 0 amide bonds. The van der Waals surface area contributed by atoms with E-state index in [0.717, 1.165) is 34.7 Å². The van der Waals surface area contributed by atoms with E-state index in [0.29, 0.717) is 18.8 Å². The molecule has 3 aromatic rings. The lowest BCUT2D eigenvalue weighted by Gasteiger charge is -2.16. The van der Waals surface area contributed by atoms with Gasteiger partial charge in [0.1, 0.15) is 12.4 Å². The Bertz CT molecular complexity index is 1190. The van der Waals surface area contributed by atoms with E-state index in [1.165, 1.54) is 5.56 Å². The van der Waals surface area contributed by atoms with E-state index in [9.17, 15) is 9.90 Å². The number of rotatable bonds is 9. The first kappa shape index (κ1) is 24.9. The van der Waals surface area contributed by atoms with Gasteiger partial charge >= 0.3 is 5.97 Å². The number of ether oxygens (including phenoxy) is 1. The highest BCUT2D eigenvalue weighted by atomic mass is 16.7. The second-order valence-corrected chi connectivity index (χ2v) is 10.3. The molecule has 2 heterocycles. The highest BCUT2D eigenvalue weighted by Gasteiger charge is 2.37. The van der Waals surface area contributed by atoms with Crippen molar-refractivity contribution in [3.8, 4) is 11.4 Å². The molecule has 186 valence electrons. The van der Waals surface area contributed by atoms with E-state index in [-0.39, 0.29) is 11.5 Å². The van der Waals surface area contributed by atoms with Crippen molar-refractivity contribution in [1.29, 1.82) is 0 Å². The largest absolute Gasteiger partial charge is 0.479 e. The summed E-state index contributed by atoms with van der Waals surface area (Å²) < 4.78 is 7.65. The molecule has 0 aliphatic carbocycles. The maximum absolute atomic E-state index is 11.3. The third kappa shape index (κ3) is 5.74. The minimum absolute atomic E-state index is 0.0636. The maximum Gasteiger partial charge on any atom is 0.344 e. The summed E-state index contributed by atoms with van der Waals surface area (Å²) >= 11 is 0. The molecule has 4 rings (SSSR count). The first-order valence-corrected chi connectivity index (χ1v) is 12.1. The minimum Gasteiger partial charge on any atom is -0.479 e. The number of hydrogen-bond acceptors (Lipinski definition) is 5. The van der Waals surface area contributed by atoms with E-state index in [1.54, 1.807) is 6.92 Å². The molecule has 1 aliphatic heterocycles. The normalized spacial score (nSPS) is 18.3. The number of nitrogens with zero attached hydrogens (tertiary/aromatic N) is 3. The van der Waals surface area contributed by atoms with Crippen LogP contribution in [0.4, 0.5) is 0 Å². The van der Waals surface area contributed by atoms with Crippen molar-refractivity contribution >= 4 is 5.97 Å². The Hall–Kier alpha value is -3.16. The first-order chi connectivity index (χ1) is 16.6. The van der Waals surface area contributed by atoms with Crippen LogP contribution in [0.25, 0.3) is 5.69 Å². The summed E-state index contributed by atoms with van der Waals surface area (Å²) in [5.74, 6) is -0.343. The Balaban J connectivity index is 1.44. The van der Waals surface area contributed by atoms with Gasteiger partial charge < -0.3 is 9.84 Å². The number of aromatic nitrogens is 2. The summed E-state index contributed by atoms with van der Waals surface area (Å²) in [4.78, 5) is 17.5. The number of carboxylic acids is 1. The second kappa shape index (κ2) is 9.84. The van der Waals surface area contributed by atoms with E-state index >= 15 is 0 Å². The van der Waals surface area contributed by atoms with Gasteiger partial charge in [0.15, 0.2) is 6.10 Å².